The van der Waals surface area contributed by atoms with Crippen molar-refractivity contribution in [1.82, 2.24) is 4.98 Å². The first-order valence-corrected chi connectivity index (χ1v) is 10.6. The maximum absolute atomic E-state index is 4.68. The van der Waals surface area contributed by atoms with Gasteiger partial charge in [-0.2, -0.15) is 0 Å². The highest BCUT2D eigenvalue weighted by Gasteiger charge is 2.05. The van der Waals surface area contributed by atoms with E-state index in [1.165, 1.54) is 91.5 Å². The second-order valence-corrected chi connectivity index (χ2v) is 7.65. The van der Waals surface area contributed by atoms with Crippen LogP contribution in [0.25, 0.3) is 21.7 Å². The van der Waals surface area contributed by atoms with Crippen molar-refractivity contribution < 1.29 is 0 Å². The molecular weight excluding hydrogens is 314 g/mol. The van der Waals surface area contributed by atoms with E-state index >= 15 is 0 Å². The van der Waals surface area contributed by atoms with Crippen molar-refractivity contribution in [1.29, 1.82) is 0 Å². The Labute approximate surface area is 158 Å². The van der Waals surface area contributed by atoms with E-state index in [1.54, 1.807) is 0 Å². The number of unbranched alkanes of at least 4 members (excludes halogenated alkanes) is 6. The Bertz CT molecular complexity index is 763. The molecule has 0 unspecified atom stereocenters. The molecule has 1 nitrogen and oxygen atoms in total. The summed E-state index contributed by atoms with van der Waals surface area (Å²) in [7, 11) is 0. The van der Waals surface area contributed by atoms with Crippen LogP contribution >= 0.6 is 0 Å². The summed E-state index contributed by atoms with van der Waals surface area (Å²) >= 11 is 0. The van der Waals surface area contributed by atoms with Gasteiger partial charge in [0.2, 0.25) is 0 Å². The van der Waals surface area contributed by atoms with Gasteiger partial charge in [-0.25, -0.2) is 0 Å². The molecule has 1 aromatic heterocycles. The Morgan fingerprint density at radius 2 is 1.27 bits per heavy atom. The molecule has 0 saturated carbocycles. The topological polar surface area (TPSA) is 12.9 Å². The summed E-state index contributed by atoms with van der Waals surface area (Å²) in [6, 6.07) is 13.8. The Hall–Kier alpha value is -1.89. The number of rotatable bonds is 10. The molecule has 0 aliphatic rings. The standard InChI is InChI=1S/C25H33N/c1-3-5-7-9-11-20-13-15-22-19-26-25-16-14-21(12-10-8-6-4-2)18-24(25)23(22)17-20/h13-19H,3-12H2,1-2H3. The van der Waals surface area contributed by atoms with E-state index in [0.717, 1.165) is 5.52 Å². The normalized spacial score (nSPS) is 11.5. The predicted molar refractivity (Wildman–Crippen MR) is 115 cm³/mol. The van der Waals surface area contributed by atoms with Crippen LogP contribution in [0, 0.1) is 0 Å². The first kappa shape index (κ1) is 18.9. The molecule has 0 saturated heterocycles. The largest absolute Gasteiger partial charge is 0.256 e. The van der Waals surface area contributed by atoms with Crippen LogP contribution in [0.5, 0.6) is 0 Å². The molecule has 1 heteroatoms. The minimum Gasteiger partial charge on any atom is -0.256 e. The predicted octanol–water partition coefficient (Wildman–Crippen LogP) is 7.63. The Kier molecular flexibility index (Phi) is 7.05. The van der Waals surface area contributed by atoms with Crippen molar-refractivity contribution in [3.63, 3.8) is 0 Å². The molecule has 1 heterocycles. The van der Waals surface area contributed by atoms with Crippen molar-refractivity contribution >= 4 is 21.7 Å². The van der Waals surface area contributed by atoms with Gasteiger partial charge in [-0.1, -0.05) is 76.6 Å². The van der Waals surface area contributed by atoms with Gasteiger partial charge in [0.05, 0.1) is 5.52 Å². The SMILES string of the molecule is CCCCCCc1ccc2cnc3ccc(CCCCCC)cc3c2c1. The lowest BCUT2D eigenvalue weighted by Crippen LogP contribution is -1.90. The third-order valence-electron chi connectivity index (χ3n) is 5.45. The third-order valence-corrected chi connectivity index (χ3v) is 5.45. The summed E-state index contributed by atoms with van der Waals surface area (Å²) in [6.07, 6.45) is 15.0. The highest BCUT2D eigenvalue weighted by atomic mass is 14.6. The number of hydrogen-bond donors (Lipinski definition) is 0. The first-order valence-electron chi connectivity index (χ1n) is 10.6. The van der Waals surface area contributed by atoms with Gasteiger partial charge < -0.3 is 0 Å². The molecule has 0 N–H and O–H groups in total. The van der Waals surface area contributed by atoms with E-state index in [2.05, 4.69) is 55.2 Å². The lowest BCUT2D eigenvalue weighted by atomic mass is 9.98. The Morgan fingerprint density at radius 1 is 0.654 bits per heavy atom. The summed E-state index contributed by atoms with van der Waals surface area (Å²) in [5, 5.41) is 3.96. The number of benzene rings is 2. The molecule has 0 fully saturated rings. The van der Waals surface area contributed by atoms with Gasteiger partial charge in [-0.05, 0) is 54.3 Å². The number of pyridine rings is 1. The molecule has 2 aromatic carbocycles. The molecule has 3 rings (SSSR count). The molecule has 0 atom stereocenters. The van der Waals surface area contributed by atoms with Gasteiger partial charge in [0.1, 0.15) is 0 Å². The molecule has 3 aromatic rings. The molecule has 0 amide bonds. The van der Waals surface area contributed by atoms with Crippen molar-refractivity contribution in [2.45, 2.75) is 78.1 Å². The molecule has 0 radical (unpaired) electrons. The number of aromatic nitrogens is 1. The molecule has 138 valence electrons. The monoisotopic (exact) mass is 347 g/mol. The van der Waals surface area contributed by atoms with E-state index in [0.29, 0.717) is 0 Å². The third kappa shape index (κ3) is 4.84. The maximum Gasteiger partial charge on any atom is 0.0708 e. The van der Waals surface area contributed by atoms with Crippen molar-refractivity contribution in [2.75, 3.05) is 0 Å². The summed E-state index contributed by atoms with van der Waals surface area (Å²) in [5.74, 6) is 0. The summed E-state index contributed by atoms with van der Waals surface area (Å²) < 4.78 is 0. The average molecular weight is 348 g/mol. The minimum atomic E-state index is 1.12. The maximum atomic E-state index is 4.68. The average Bonchev–Trinajstić information content (AvgIpc) is 2.68. The number of nitrogens with zero attached hydrogens (tertiary/aromatic N) is 1. The fourth-order valence-corrected chi connectivity index (χ4v) is 3.82. The van der Waals surface area contributed by atoms with E-state index in [4.69, 9.17) is 0 Å². The molecule has 0 aliphatic carbocycles. The highest BCUT2D eigenvalue weighted by Crippen LogP contribution is 2.27. The molecule has 0 spiro atoms. The lowest BCUT2D eigenvalue weighted by molar-refractivity contribution is 0.667. The van der Waals surface area contributed by atoms with Gasteiger partial charge >= 0.3 is 0 Å². The quantitative estimate of drug-likeness (QED) is 0.271. The van der Waals surface area contributed by atoms with E-state index in [1.807, 2.05) is 6.20 Å². The van der Waals surface area contributed by atoms with Crippen molar-refractivity contribution in [3.05, 3.63) is 53.7 Å². The fraction of sp³-hybridized carbons (Fsp3) is 0.480. The smallest absolute Gasteiger partial charge is 0.0708 e. The van der Waals surface area contributed by atoms with Crippen LogP contribution in [0.2, 0.25) is 0 Å². The zero-order chi connectivity index (χ0) is 18.2. The van der Waals surface area contributed by atoms with Crippen molar-refractivity contribution in [2.24, 2.45) is 0 Å². The highest BCUT2D eigenvalue weighted by molar-refractivity contribution is 6.05. The second kappa shape index (κ2) is 9.71. The first-order chi connectivity index (χ1) is 12.8. The lowest BCUT2D eigenvalue weighted by Gasteiger charge is -2.09. The summed E-state index contributed by atoms with van der Waals surface area (Å²) in [6.45, 7) is 4.54. The van der Waals surface area contributed by atoms with Crippen LogP contribution in [-0.4, -0.2) is 4.98 Å². The van der Waals surface area contributed by atoms with Gasteiger partial charge in [0.25, 0.3) is 0 Å². The van der Waals surface area contributed by atoms with Crippen LogP contribution in [0.4, 0.5) is 0 Å². The van der Waals surface area contributed by atoms with E-state index < -0.39 is 0 Å². The number of fused-ring (bicyclic) bond motifs is 3. The van der Waals surface area contributed by atoms with E-state index in [9.17, 15) is 0 Å². The summed E-state index contributed by atoms with van der Waals surface area (Å²) in [5.41, 5.74) is 4.05. The van der Waals surface area contributed by atoms with Crippen molar-refractivity contribution in [3.8, 4) is 0 Å². The van der Waals surface area contributed by atoms with Crippen LogP contribution in [-0.2, 0) is 12.8 Å². The molecule has 0 aliphatic heterocycles. The molecule has 0 bridgehead atoms. The zero-order valence-corrected chi connectivity index (χ0v) is 16.6. The van der Waals surface area contributed by atoms with Gasteiger partial charge in [-0.15, -0.1) is 0 Å². The van der Waals surface area contributed by atoms with Gasteiger partial charge in [0, 0.05) is 17.0 Å². The summed E-state index contributed by atoms with van der Waals surface area (Å²) in [4.78, 5) is 4.68. The van der Waals surface area contributed by atoms with Crippen LogP contribution in [0.1, 0.15) is 76.3 Å². The number of aryl methyl sites for hydroxylation is 2. The van der Waals surface area contributed by atoms with Gasteiger partial charge in [-0.3, -0.25) is 4.98 Å². The minimum absolute atomic E-state index is 1.12. The Morgan fingerprint density at radius 3 is 1.92 bits per heavy atom. The second-order valence-electron chi connectivity index (χ2n) is 7.65. The molecular formula is C25H33N. The van der Waals surface area contributed by atoms with Crippen LogP contribution in [0.15, 0.2) is 42.6 Å². The van der Waals surface area contributed by atoms with E-state index in [-0.39, 0.29) is 0 Å². The molecule has 26 heavy (non-hydrogen) atoms. The van der Waals surface area contributed by atoms with Gasteiger partial charge in [0.15, 0.2) is 0 Å². The number of hydrogen-bond acceptors (Lipinski definition) is 1. The fourth-order valence-electron chi connectivity index (χ4n) is 3.82. The Balaban J connectivity index is 1.84. The zero-order valence-electron chi connectivity index (χ0n) is 16.6. The van der Waals surface area contributed by atoms with Crippen LogP contribution < -0.4 is 0 Å². The van der Waals surface area contributed by atoms with Crippen LogP contribution in [0.3, 0.4) is 0 Å².